The maximum Gasteiger partial charge on any atom is 0.260 e. The van der Waals surface area contributed by atoms with E-state index >= 15 is 0 Å². The van der Waals surface area contributed by atoms with Crippen LogP contribution in [0.15, 0.2) is 53.1 Å². The molecule has 3 rings (SSSR count). The van der Waals surface area contributed by atoms with Crippen LogP contribution in [0.25, 0.3) is 5.57 Å². The molecule has 5 nitrogen and oxygen atoms in total. The number of imide groups is 1. The third kappa shape index (κ3) is 3.27. The molecule has 23 heavy (non-hydrogen) atoms. The third-order valence-corrected chi connectivity index (χ3v) is 3.97. The molecule has 2 aromatic carbocycles. The second-order valence-electron chi connectivity index (χ2n) is 5.08. The van der Waals surface area contributed by atoms with E-state index in [0.29, 0.717) is 23.2 Å². The zero-order chi connectivity index (χ0) is 16.4. The molecule has 0 fully saturated rings. The van der Waals surface area contributed by atoms with Crippen molar-refractivity contribution in [2.24, 2.45) is 0 Å². The van der Waals surface area contributed by atoms with Crippen molar-refractivity contribution in [3.63, 3.8) is 0 Å². The lowest BCUT2D eigenvalue weighted by Crippen LogP contribution is -2.37. The summed E-state index contributed by atoms with van der Waals surface area (Å²) in [5.74, 6) is -0.622. The SMILES string of the molecule is O=C1NC(=O)c2ccc(Br)cc2/C1=C/NCc1ccc(O)cc1. The van der Waals surface area contributed by atoms with E-state index in [1.54, 1.807) is 48.7 Å². The zero-order valence-electron chi connectivity index (χ0n) is 12.0. The van der Waals surface area contributed by atoms with Crippen molar-refractivity contribution in [2.45, 2.75) is 6.54 Å². The summed E-state index contributed by atoms with van der Waals surface area (Å²) in [7, 11) is 0. The van der Waals surface area contributed by atoms with Crippen molar-refractivity contribution in [3.05, 3.63) is 69.8 Å². The van der Waals surface area contributed by atoms with Gasteiger partial charge in [0.1, 0.15) is 5.75 Å². The maximum absolute atomic E-state index is 12.1. The molecule has 0 atom stereocenters. The van der Waals surface area contributed by atoms with Gasteiger partial charge in [0.25, 0.3) is 11.8 Å². The van der Waals surface area contributed by atoms with Crippen molar-refractivity contribution in [1.29, 1.82) is 0 Å². The third-order valence-electron chi connectivity index (χ3n) is 3.48. The number of phenolic OH excluding ortho intramolecular Hbond substituents is 1. The highest BCUT2D eigenvalue weighted by Gasteiger charge is 2.27. The van der Waals surface area contributed by atoms with Crippen LogP contribution in [0.3, 0.4) is 0 Å². The molecule has 1 aliphatic heterocycles. The van der Waals surface area contributed by atoms with E-state index in [4.69, 9.17) is 0 Å². The number of fused-ring (bicyclic) bond motifs is 1. The Bertz CT molecular complexity index is 813. The van der Waals surface area contributed by atoms with Crippen molar-refractivity contribution in [2.75, 3.05) is 0 Å². The van der Waals surface area contributed by atoms with Crippen LogP contribution in [0.5, 0.6) is 5.75 Å². The van der Waals surface area contributed by atoms with Gasteiger partial charge in [0.2, 0.25) is 0 Å². The highest BCUT2D eigenvalue weighted by molar-refractivity contribution is 9.10. The molecule has 0 saturated carbocycles. The van der Waals surface area contributed by atoms with Crippen LogP contribution in [-0.4, -0.2) is 16.9 Å². The number of nitrogens with one attached hydrogen (secondary N) is 2. The Kier molecular flexibility index (Phi) is 4.16. The number of rotatable bonds is 3. The van der Waals surface area contributed by atoms with Gasteiger partial charge >= 0.3 is 0 Å². The molecular weight excluding hydrogens is 360 g/mol. The number of halogens is 1. The first-order valence-corrected chi connectivity index (χ1v) is 7.71. The summed E-state index contributed by atoms with van der Waals surface area (Å²) in [6, 6.07) is 12.0. The van der Waals surface area contributed by atoms with Crippen LogP contribution in [0.4, 0.5) is 0 Å². The summed E-state index contributed by atoms with van der Waals surface area (Å²) in [6.45, 7) is 0.494. The number of carbonyl (C=O) groups excluding carboxylic acids is 2. The summed E-state index contributed by atoms with van der Waals surface area (Å²) in [6.07, 6.45) is 1.60. The lowest BCUT2D eigenvalue weighted by molar-refractivity contribution is -0.114. The Morgan fingerprint density at radius 2 is 1.78 bits per heavy atom. The molecule has 0 aliphatic carbocycles. The van der Waals surface area contributed by atoms with Crippen LogP contribution in [0.2, 0.25) is 0 Å². The molecule has 0 bridgehead atoms. The summed E-state index contributed by atoms with van der Waals surface area (Å²) < 4.78 is 0.795. The lowest BCUT2D eigenvalue weighted by Gasteiger charge is -2.18. The number of aromatic hydroxyl groups is 1. The van der Waals surface area contributed by atoms with Crippen molar-refractivity contribution < 1.29 is 14.7 Å². The summed E-state index contributed by atoms with van der Waals surface area (Å²) >= 11 is 3.36. The fourth-order valence-electron chi connectivity index (χ4n) is 2.33. The predicted octanol–water partition coefficient (Wildman–Crippen LogP) is 2.56. The maximum atomic E-state index is 12.1. The average molecular weight is 373 g/mol. The van der Waals surface area contributed by atoms with Gasteiger partial charge in [0.05, 0.1) is 5.57 Å². The van der Waals surface area contributed by atoms with Gasteiger partial charge in [-0.3, -0.25) is 14.9 Å². The smallest absolute Gasteiger partial charge is 0.260 e. The van der Waals surface area contributed by atoms with E-state index in [9.17, 15) is 14.7 Å². The van der Waals surface area contributed by atoms with E-state index in [2.05, 4.69) is 26.6 Å². The molecule has 2 aromatic rings. The van der Waals surface area contributed by atoms with Crippen LogP contribution < -0.4 is 10.6 Å². The molecule has 2 amide bonds. The molecule has 3 N–H and O–H groups in total. The quantitative estimate of drug-likeness (QED) is 0.571. The van der Waals surface area contributed by atoms with Crippen molar-refractivity contribution in [3.8, 4) is 5.75 Å². The standard InChI is InChI=1S/C17H13BrN2O3/c18-11-3-6-13-14(7-11)15(17(23)20-16(13)22)9-19-8-10-1-4-12(21)5-2-10/h1-7,9,19,21H,8H2,(H,20,22,23)/b15-9-. The number of hydrogen-bond acceptors (Lipinski definition) is 4. The fraction of sp³-hybridized carbons (Fsp3) is 0.0588. The molecule has 0 unspecified atom stereocenters. The van der Waals surface area contributed by atoms with E-state index < -0.39 is 11.8 Å². The second kappa shape index (κ2) is 6.26. The van der Waals surface area contributed by atoms with Crippen LogP contribution in [0.1, 0.15) is 21.5 Å². The highest BCUT2D eigenvalue weighted by Crippen LogP contribution is 2.26. The number of carbonyl (C=O) groups is 2. The molecule has 116 valence electrons. The van der Waals surface area contributed by atoms with Gasteiger partial charge in [-0.2, -0.15) is 0 Å². The topological polar surface area (TPSA) is 78.4 Å². The molecule has 0 aromatic heterocycles. The largest absolute Gasteiger partial charge is 0.508 e. The first kappa shape index (κ1) is 15.3. The van der Waals surface area contributed by atoms with E-state index in [1.807, 2.05) is 0 Å². The molecule has 1 aliphatic rings. The molecule has 0 spiro atoms. The van der Waals surface area contributed by atoms with Gasteiger partial charge in [-0.05, 0) is 35.9 Å². The Labute approximate surface area is 141 Å². The van der Waals surface area contributed by atoms with Crippen molar-refractivity contribution >= 4 is 33.3 Å². The van der Waals surface area contributed by atoms with Crippen LogP contribution in [-0.2, 0) is 11.3 Å². The van der Waals surface area contributed by atoms with E-state index in [1.165, 1.54) is 0 Å². The van der Waals surface area contributed by atoms with Gasteiger partial charge in [-0.25, -0.2) is 0 Å². The first-order chi connectivity index (χ1) is 11.0. The normalized spacial score (nSPS) is 15.3. The highest BCUT2D eigenvalue weighted by atomic mass is 79.9. The fourth-order valence-corrected chi connectivity index (χ4v) is 2.69. The summed E-state index contributed by atoms with van der Waals surface area (Å²) in [5.41, 5.74) is 2.41. The van der Waals surface area contributed by atoms with Gasteiger partial charge in [-0.15, -0.1) is 0 Å². The van der Waals surface area contributed by atoms with E-state index in [0.717, 1.165) is 10.0 Å². The van der Waals surface area contributed by atoms with Crippen molar-refractivity contribution in [1.82, 2.24) is 10.6 Å². The number of hydrogen-bond donors (Lipinski definition) is 3. The number of amides is 2. The van der Waals surface area contributed by atoms with Crippen LogP contribution in [0, 0.1) is 0 Å². The molecule has 0 radical (unpaired) electrons. The first-order valence-electron chi connectivity index (χ1n) is 6.91. The Morgan fingerprint density at radius 3 is 2.52 bits per heavy atom. The Balaban J connectivity index is 1.85. The van der Waals surface area contributed by atoms with Crippen LogP contribution >= 0.6 is 15.9 Å². The zero-order valence-corrected chi connectivity index (χ0v) is 13.6. The minimum atomic E-state index is -0.432. The summed E-state index contributed by atoms with van der Waals surface area (Å²) in [4.78, 5) is 23.9. The predicted molar refractivity (Wildman–Crippen MR) is 89.5 cm³/mol. The monoisotopic (exact) mass is 372 g/mol. The molecule has 6 heteroatoms. The number of benzene rings is 2. The van der Waals surface area contributed by atoms with E-state index in [-0.39, 0.29) is 5.75 Å². The van der Waals surface area contributed by atoms with Gasteiger partial charge in [0.15, 0.2) is 0 Å². The number of phenols is 1. The Morgan fingerprint density at radius 1 is 1.04 bits per heavy atom. The average Bonchev–Trinajstić information content (AvgIpc) is 2.52. The minimum absolute atomic E-state index is 0.205. The minimum Gasteiger partial charge on any atom is -0.508 e. The van der Waals surface area contributed by atoms with Gasteiger partial charge < -0.3 is 10.4 Å². The second-order valence-corrected chi connectivity index (χ2v) is 5.99. The molecule has 0 saturated heterocycles. The Hall–Kier alpha value is -2.60. The van der Waals surface area contributed by atoms with Gasteiger partial charge in [-0.1, -0.05) is 28.1 Å². The lowest BCUT2D eigenvalue weighted by atomic mass is 9.95. The molecule has 1 heterocycles. The molecular formula is C17H13BrN2O3. The summed E-state index contributed by atoms with van der Waals surface area (Å²) in [5, 5.41) is 14.7. The van der Waals surface area contributed by atoms with Gasteiger partial charge in [0, 0.05) is 28.3 Å².